The second-order valence-corrected chi connectivity index (χ2v) is 5.45. The number of hydrogen-bond acceptors (Lipinski definition) is 2. The Kier molecular flexibility index (Phi) is 3.66. The Morgan fingerprint density at radius 3 is 2.53 bits per heavy atom. The van der Waals surface area contributed by atoms with E-state index in [-0.39, 0.29) is 5.54 Å². The normalized spacial score (nSPS) is 11.8. The molecular weight excluding hydrogens is 248 g/mol. The van der Waals surface area contributed by atoms with Gasteiger partial charge in [-0.3, -0.25) is 0 Å². The van der Waals surface area contributed by atoms with E-state index in [9.17, 15) is 8.78 Å². The first-order valence-corrected chi connectivity index (χ1v) is 6.10. The second-order valence-electron chi connectivity index (χ2n) is 5.45. The molecule has 1 aromatic carbocycles. The molecule has 0 aliphatic heterocycles. The zero-order valence-electron chi connectivity index (χ0n) is 11.2. The Balaban J connectivity index is 2.14. The summed E-state index contributed by atoms with van der Waals surface area (Å²) in [5, 5.41) is 7.63. The first-order chi connectivity index (χ1) is 8.85. The summed E-state index contributed by atoms with van der Waals surface area (Å²) in [4.78, 5) is 0. The zero-order valence-corrected chi connectivity index (χ0v) is 11.2. The third kappa shape index (κ3) is 3.61. The molecular formula is C14H17F2N3. The molecule has 0 fully saturated rings. The van der Waals surface area contributed by atoms with Crippen LogP contribution in [0.2, 0.25) is 0 Å². The van der Waals surface area contributed by atoms with E-state index in [1.807, 2.05) is 6.07 Å². The quantitative estimate of drug-likeness (QED) is 0.924. The average molecular weight is 265 g/mol. The Labute approximate surface area is 111 Å². The average Bonchev–Trinajstić information content (AvgIpc) is 2.78. The highest BCUT2D eigenvalue weighted by molar-refractivity contribution is 5.32. The zero-order chi connectivity index (χ0) is 14.0. The van der Waals surface area contributed by atoms with Gasteiger partial charge in [-0.25, -0.2) is 13.5 Å². The van der Waals surface area contributed by atoms with Gasteiger partial charge in [-0.1, -0.05) is 0 Å². The van der Waals surface area contributed by atoms with Crippen LogP contribution in [0.15, 0.2) is 30.5 Å². The molecule has 0 spiro atoms. The monoisotopic (exact) mass is 265 g/mol. The second kappa shape index (κ2) is 5.09. The molecule has 0 saturated heterocycles. The summed E-state index contributed by atoms with van der Waals surface area (Å²) in [6.45, 7) is 6.83. The largest absolute Gasteiger partial charge is 0.306 e. The van der Waals surface area contributed by atoms with Gasteiger partial charge in [0.2, 0.25) is 0 Å². The van der Waals surface area contributed by atoms with Crippen LogP contribution >= 0.6 is 0 Å². The van der Waals surface area contributed by atoms with E-state index in [4.69, 9.17) is 0 Å². The molecule has 1 heterocycles. The van der Waals surface area contributed by atoms with Crippen LogP contribution in [0, 0.1) is 11.6 Å². The number of aromatic nitrogens is 2. The lowest BCUT2D eigenvalue weighted by atomic mass is 10.1. The highest BCUT2D eigenvalue weighted by Crippen LogP contribution is 2.13. The van der Waals surface area contributed by atoms with Crippen molar-refractivity contribution in [2.24, 2.45) is 0 Å². The number of nitrogens with zero attached hydrogens (tertiary/aromatic N) is 2. The molecule has 0 aliphatic carbocycles. The number of rotatable bonds is 3. The summed E-state index contributed by atoms with van der Waals surface area (Å²) in [5.74, 6) is -1.73. The van der Waals surface area contributed by atoms with E-state index >= 15 is 0 Å². The molecule has 0 aliphatic rings. The SMILES string of the molecule is CC(C)(C)NCc1ccn(-c2ccc(F)c(F)c2)n1. The minimum Gasteiger partial charge on any atom is -0.306 e. The van der Waals surface area contributed by atoms with Crippen LogP contribution in [0.4, 0.5) is 8.78 Å². The van der Waals surface area contributed by atoms with Gasteiger partial charge in [0.15, 0.2) is 11.6 Å². The van der Waals surface area contributed by atoms with Crippen LogP contribution in [0.5, 0.6) is 0 Å². The summed E-state index contributed by atoms with van der Waals surface area (Å²) < 4.78 is 27.5. The molecule has 2 rings (SSSR count). The first kappa shape index (κ1) is 13.7. The van der Waals surface area contributed by atoms with Crippen molar-refractivity contribution in [3.05, 3.63) is 47.8 Å². The Bertz CT molecular complexity index is 570. The van der Waals surface area contributed by atoms with Gasteiger partial charge in [-0.05, 0) is 39.0 Å². The molecule has 0 bridgehead atoms. The molecule has 102 valence electrons. The number of benzene rings is 1. The molecule has 0 saturated carbocycles. The van der Waals surface area contributed by atoms with Crippen LogP contribution in [-0.4, -0.2) is 15.3 Å². The van der Waals surface area contributed by atoms with Gasteiger partial charge < -0.3 is 5.32 Å². The van der Waals surface area contributed by atoms with Gasteiger partial charge >= 0.3 is 0 Å². The maximum Gasteiger partial charge on any atom is 0.160 e. The van der Waals surface area contributed by atoms with E-state index in [1.165, 1.54) is 10.7 Å². The van der Waals surface area contributed by atoms with Crippen LogP contribution < -0.4 is 5.32 Å². The Morgan fingerprint density at radius 2 is 1.89 bits per heavy atom. The summed E-state index contributed by atoms with van der Waals surface area (Å²) in [6, 6.07) is 5.56. The van der Waals surface area contributed by atoms with Crippen molar-refractivity contribution in [1.82, 2.24) is 15.1 Å². The smallest absolute Gasteiger partial charge is 0.160 e. The van der Waals surface area contributed by atoms with Crippen molar-refractivity contribution >= 4 is 0 Å². The van der Waals surface area contributed by atoms with E-state index in [0.717, 1.165) is 17.8 Å². The van der Waals surface area contributed by atoms with Crippen molar-refractivity contribution in [2.75, 3.05) is 0 Å². The number of hydrogen-bond donors (Lipinski definition) is 1. The van der Waals surface area contributed by atoms with Crippen LogP contribution in [0.3, 0.4) is 0 Å². The summed E-state index contributed by atoms with van der Waals surface area (Å²) >= 11 is 0. The van der Waals surface area contributed by atoms with E-state index in [2.05, 4.69) is 31.2 Å². The van der Waals surface area contributed by atoms with Crippen LogP contribution in [-0.2, 0) is 6.54 Å². The van der Waals surface area contributed by atoms with Gasteiger partial charge in [-0.15, -0.1) is 0 Å². The maximum atomic E-state index is 13.1. The Hall–Kier alpha value is -1.75. The first-order valence-electron chi connectivity index (χ1n) is 6.10. The standard InChI is InChI=1S/C14H17F2N3/c1-14(2,3)17-9-10-6-7-19(18-10)11-4-5-12(15)13(16)8-11/h4-8,17H,9H2,1-3H3. The molecule has 19 heavy (non-hydrogen) atoms. The van der Waals surface area contributed by atoms with Crippen molar-refractivity contribution in [3.8, 4) is 5.69 Å². The lowest BCUT2D eigenvalue weighted by Gasteiger charge is -2.19. The fourth-order valence-corrected chi connectivity index (χ4v) is 1.58. The maximum absolute atomic E-state index is 13.1. The highest BCUT2D eigenvalue weighted by Gasteiger charge is 2.10. The predicted molar refractivity (Wildman–Crippen MR) is 70.1 cm³/mol. The van der Waals surface area contributed by atoms with E-state index in [0.29, 0.717) is 12.2 Å². The minimum absolute atomic E-state index is 0.00572. The highest BCUT2D eigenvalue weighted by atomic mass is 19.2. The third-order valence-electron chi connectivity index (χ3n) is 2.61. The van der Waals surface area contributed by atoms with E-state index in [1.54, 1.807) is 6.20 Å². The van der Waals surface area contributed by atoms with Gasteiger partial charge in [0.25, 0.3) is 0 Å². The fraction of sp³-hybridized carbons (Fsp3) is 0.357. The van der Waals surface area contributed by atoms with Crippen LogP contribution in [0.25, 0.3) is 5.69 Å². The molecule has 1 N–H and O–H groups in total. The molecule has 0 radical (unpaired) electrons. The summed E-state index contributed by atoms with van der Waals surface area (Å²) in [5.41, 5.74) is 1.35. The minimum atomic E-state index is -0.873. The number of nitrogens with one attached hydrogen (secondary N) is 1. The van der Waals surface area contributed by atoms with Crippen molar-refractivity contribution in [3.63, 3.8) is 0 Å². The van der Waals surface area contributed by atoms with Gasteiger partial charge in [0.05, 0.1) is 11.4 Å². The molecule has 0 atom stereocenters. The molecule has 5 heteroatoms. The number of halogens is 2. The predicted octanol–water partition coefficient (Wildman–Crippen LogP) is 3.04. The van der Waals surface area contributed by atoms with Crippen molar-refractivity contribution in [1.29, 1.82) is 0 Å². The topological polar surface area (TPSA) is 29.9 Å². The lowest BCUT2D eigenvalue weighted by Crippen LogP contribution is -2.35. The summed E-state index contributed by atoms with van der Waals surface area (Å²) in [6.07, 6.45) is 1.73. The molecule has 0 amide bonds. The third-order valence-corrected chi connectivity index (χ3v) is 2.61. The molecule has 0 unspecified atom stereocenters. The lowest BCUT2D eigenvalue weighted by molar-refractivity contribution is 0.420. The molecule has 2 aromatic rings. The fourth-order valence-electron chi connectivity index (χ4n) is 1.58. The molecule has 1 aromatic heterocycles. The van der Waals surface area contributed by atoms with Crippen molar-refractivity contribution in [2.45, 2.75) is 32.9 Å². The summed E-state index contributed by atoms with van der Waals surface area (Å²) in [7, 11) is 0. The van der Waals surface area contributed by atoms with E-state index < -0.39 is 11.6 Å². The van der Waals surface area contributed by atoms with Crippen molar-refractivity contribution < 1.29 is 8.78 Å². The van der Waals surface area contributed by atoms with Gasteiger partial charge in [-0.2, -0.15) is 5.10 Å². The molecule has 3 nitrogen and oxygen atoms in total. The van der Waals surface area contributed by atoms with Gasteiger partial charge in [0.1, 0.15) is 0 Å². The Morgan fingerprint density at radius 1 is 1.16 bits per heavy atom. The van der Waals surface area contributed by atoms with Crippen LogP contribution in [0.1, 0.15) is 26.5 Å². The van der Waals surface area contributed by atoms with Gasteiger partial charge in [0, 0.05) is 24.3 Å².